The molecular formula is C22H32N6O. The van der Waals surface area contributed by atoms with Crippen LogP contribution in [0.4, 0.5) is 17.2 Å². The summed E-state index contributed by atoms with van der Waals surface area (Å²) in [6.07, 6.45) is 4.89. The Labute approximate surface area is 173 Å². The first-order valence-corrected chi connectivity index (χ1v) is 10.4. The summed E-state index contributed by atoms with van der Waals surface area (Å²) in [6, 6.07) is 9.74. The number of nitrogens with one attached hydrogen (secondary N) is 2. The smallest absolute Gasteiger partial charge is 0.274 e. The number of nitrogens with zero attached hydrogens (tertiary/aromatic N) is 4. The van der Waals surface area contributed by atoms with Gasteiger partial charge in [-0.05, 0) is 70.1 Å². The summed E-state index contributed by atoms with van der Waals surface area (Å²) in [6.45, 7) is 6.30. The molecule has 0 aliphatic carbocycles. The summed E-state index contributed by atoms with van der Waals surface area (Å²) in [5.74, 6) is 1.24. The van der Waals surface area contributed by atoms with Gasteiger partial charge in [-0.15, -0.1) is 0 Å². The molecule has 156 valence electrons. The largest absolute Gasteiger partial charge is 0.372 e. The first-order valence-electron chi connectivity index (χ1n) is 10.4. The summed E-state index contributed by atoms with van der Waals surface area (Å²) in [4.78, 5) is 25.4. The van der Waals surface area contributed by atoms with Crippen LogP contribution in [-0.4, -0.2) is 61.0 Å². The molecule has 2 aromatic rings. The van der Waals surface area contributed by atoms with Gasteiger partial charge in [0.2, 0.25) is 0 Å². The number of amides is 1. The van der Waals surface area contributed by atoms with Crippen molar-refractivity contribution in [3.05, 3.63) is 42.4 Å². The van der Waals surface area contributed by atoms with E-state index in [1.165, 1.54) is 24.9 Å². The molecule has 29 heavy (non-hydrogen) atoms. The number of rotatable bonds is 8. The fraction of sp³-hybridized carbons (Fsp3) is 0.500. The molecule has 1 aliphatic rings. The summed E-state index contributed by atoms with van der Waals surface area (Å²) in [5, 5.41) is 6.17. The Balaban J connectivity index is 1.54. The second-order valence-corrected chi connectivity index (χ2v) is 8.04. The maximum absolute atomic E-state index is 12.6. The van der Waals surface area contributed by atoms with Crippen LogP contribution in [0.3, 0.4) is 0 Å². The number of piperidine rings is 1. The van der Waals surface area contributed by atoms with Crippen LogP contribution in [0.25, 0.3) is 0 Å². The number of hydrogen-bond donors (Lipinski definition) is 2. The minimum Gasteiger partial charge on any atom is -0.372 e. The minimum absolute atomic E-state index is 0.233. The third-order valence-electron chi connectivity index (χ3n) is 5.26. The summed E-state index contributed by atoms with van der Waals surface area (Å²) in [5.41, 5.74) is 2.33. The Kier molecular flexibility index (Phi) is 7.41. The third kappa shape index (κ3) is 6.42. The maximum Gasteiger partial charge on any atom is 0.274 e. The molecular weight excluding hydrogens is 364 g/mol. The van der Waals surface area contributed by atoms with E-state index in [1.54, 1.807) is 6.07 Å². The number of benzene rings is 1. The van der Waals surface area contributed by atoms with Crippen LogP contribution in [0.15, 0.2) is 36.7 Å². The normalized spacial score (nSPS) is 14.8. The fourth-order valence-electron chi connectivity index (χ4n) is 3.41. The van der Waals surface area contributed by atoms with E-state index in [0.29, 0.717) is 11.5 Å². The molecule has 2 heterocycles. The van der Waals surface area contributed by atoms with Gasteiger partial charge in [0.15, 0.2) is 0 Å². The van der Waals surface area contributed by atoms with Crippen molar-refractivity contribution < 1.29 is 4.79 Å². The van der Waals surface area contributed by atoms with E-state index < -0.39 is 0 Å². The third-order valence-corrected chi connectivity index (χ3v) is 5.26. The van der Waals surface area contributed by atoms with E-state index in [9.17, 15) is 4.79 Å². The van der Waals surface area contributed by atoms with E-state index in [4.69, 9.17) is 0 Å². The molecule has 1 aliphatic heterocycles. The molecule has 1 aromatic heterocycles. The molecule has 0 spiro atoms. The molecule has 1 fully saturated rings. The lowest BCUT2D eigenvalue weighted by Crippen LogP contribution is -2.32. The van der Waals surface area contributed by atoms with Gasteiger partial charge in [0.05, 0.1) is 0 Å². The summed E-state index contributed by atoms with van der Waals surface area (Å²) >= 11 is 0. The Morgan fingerprint density at radius 2 is 1.90 bits per heavy atom. The summed E-state index contributed by atoms with van der Waals surface area (Å²) < 4.78 is 0. The van der Waals surface area contributed by atoms with Crippen LogP contribution in [0.5, 0.6) is 0 Å². The highest BCUT2D eigenvalue weighted by atomic mass is 16.1. The van der Waals surface area contributed by atoms with Crippen LogP contribution >= 0.6 is 0 Å². The van der Waals surface area contributed by atoms with Crippen LogP contribution in [0.2, 0.25) is 0 Å². The van der Waals surface area contributed by atoms with E-state index in [0.717, 1.165) is 44.2 Å². The van der Waals surface area contributed by atoms with Gasteiger partial charge in [0.1, 0.15) is 17.8 Å². The predicted octanol–water partition coefficient (Wildman–Crippen LogP) is 3.33. The van der Waals surface area contributed by atoms with Crippen molar-refractivity contribution >= 4 is 23.1 Å². The molecule has 2 N–H and O–H groups in total. The average molecular weight is 397 g/mol. The molecule has 7 nitrogen and oxygen atoms in total. The molecule has 1 amide bonds. The molecule has 0 unspecified atom stereocenters. The Hall–Kier alpha value is -2.67. The lowest BCUT2D eigenvalue weighted by Gasteiger charge is -2.32. The Morgan fingerprint density at radius 1 is 1.17 bits per heavy atom. The van der Waals surface area contributed by atoms with Crippen molar-refractivity contribution in [3.8, 4) is 0 Å². The van der Waals surface area contributed by atoms with Crippen molar-refractivity contribution in [2.45, 2.75) is 26.2 Å². The Morgan fingerprint density at radius 3 is 2.59 bits per heavy atom. The van der Waals surface area contributed by atoms with Crippen molar-refractivity contribution in [1.82, 2.24) is 14.9 Å². The lowest BCUT2D eigenvalue weighted by molar-refractivity contribution is 0.102. The van der Waals surface area contributed by atoms with Gasteiger partial charge >= 0.3 is 0 Å². The standard InChI is InChI=1S/C22H32N6O/c1-17-9-13-28(14-10-17)19-7-5-18(6-8-19)26-22(29)20-15-21(25-16-24-20)23-11-4-12-27(2)3/h5-8,15-17H,4,9-14H2,1-3H3,(H,26,29)(H,23,24,25). The fourth-order valence-corrected chi connectivity index (χ4v) is 3.41. The van der Waals surface area contributed by atoms with Gasteiger partial charge in [-0.2, -0.15) is 0 Å². The number of anilines is 3. The molecule has 0 bridgehead atoms. The highest BCUT2D eigenvalue weighted by Gasteiger charge is 2.16. The summed E-state index contributed by atoms with van der Waals surface area (Å²) in [7, 11) is 4.10. The van der Waals surface area contributed by atoms with Crippen molar-refractivity contribution in [2.75, 3.05) is 55.8 Å². The molecule has 3 rings (SSSR count). The molecule has 7 heteroatoms. The number of carbonyl (C=O) groups excluding carboxylic acids is 1. The molecule has 0 radical (unpaired) electrons. The first kappa shape index (κ1) is 21.0. The number of carbonyl (C=O) groups is 1. The zero-order chi connectivity index (χ0) is 20.6. The van der Waals surface area contributed by atoms with E-state index >= 15 is 0 Å². The second kappa shape index (κ2) is 10.2. The van der Waals surface area contributed by atoms with E-state index in [-0.39, 0.29) is 5.91 Å². The molecule has 0 saturated carbocycles. The molecule has 1 aromatic carbocycles. The average Bonchev–Trinajstić information content (AvgIpc) is 2.72. The Bertz CT molecular complexity index is 784. The monoisotopic (exact) mass is 396 g/mol. The SMILES string of the molecule is CC1CCN(c2ccc(NC(=O)c3cc(NCCCN(C)C)ncn3)cc2)CC1. The molecule has 1 saturated heterocycles. The second-order valence-electron chi connectivity index (χ2n) is 8.04. The van der Waals surface area contributed by atoms with Crippen LogP contribution < -0.4 is 15.5 Å². The number of hydrogen-bond acceptors (Lipinski definition) is 6. The first-order chi connectivity index (χ1) is 14.0. The van der Waals surface area contributed by atoms with E-state index in [1.807, 2.05) is 26.2 Å². The van der Waals surface area contributed by atoms with Gasteiger partial charge in [0.25, 0.3) is 5.91 Å². The van der Waals surface area contributed by atoms with Gasteiger partial charge in [0, 0.05) is 37.1 Å². The quantitative estimate of drug-likeness (QED) is 0.667. The maximum atomic E-state index is 12.6. The molecule has 0 atom stereocenters. The van der Waals surface area contributed by atoms with Crippen molar-refractivity contribution in [2.24, 2.45) is 5.92 Å². The van der Waals surface area contributed by atoms with E-state index in [2.05, 4.69) is 49.5 Å². The zero-order valence-corrected chi connectivity index (χ0v) is 17.7. The minimum atomic E-state index is -0.233. The van der Waals surface area contributed by atoms with Gasteiger partial charge in [-0.1, -0.05) is 6.92 Å². The zero-order valence-electron chi connectivity index (χ0n) is 17.7. The van der Waals surface area contributed by atoms with Gasteiger partial charge in [-0.25, -0.2) is 9.97 Å². The van der Waals surface area contributed by atoms with Crippen LogP contribution in [-0.2, 0) is 0 Å². The van der Waals surface area contributed by atoms with Crippen molar-refractivity contribution in [3.63, 3.8) is 0 Å². The highest BCUT2D eigenvalue weighted by molar-refractivity contribution is 6.03. The predicted molar refractivity (Wildman–Crippen MR) is 119 cm³/mol. The van der Waals surface area contributed by atoms with Gasteiger partial charge in [-0.3, -0.25) is 4.79 Å². The van der Waals surface area contributed by atoms with Gasteiger partial charge < -0.3 is 20.4 Å². The lowest BCUT2D eigenvalue weighted by atomic mass is 9.99. The van der Waals surface area contributed by atoms with Crippen molar-refractivity contribution in [1.29, 1.82) is 0 Å². The number of aromatic nitrogens is 2. The highest BCUT2D eigenvalue weighted by Crippen LogP contribution is 2.24. The van der Waals surface area contributed by atoms with Crippen LogP contribution in [0.1, 0.15) is 36.7 Å². The topological polar surface area (TPSA) is 73.4 Å². The van der Waals surface area contributed by atoms with Crippen LogP contribution in [0, 0.1) is 5.92 Å².